The second kappa shape index (κ2) is 9.25. The average molecular weight is 525 g/mol. The van der Waals surface area contributed by atoms with Crippen molar-refractivity contribution >= 4 is 69.6 Å². The smallest absolute Gasteiger partial charge is 0.278 e. The van der Waals surface area contributed by atoms with Gasteiger partial charge in [0.2, 0.25) is 0 Å². The Labute approximate surface area is 207 Å². The van der Waals surface area contributed by atoms with Gasteiger partial charge in [0.05, 0.1) is 25.6 Å². The first-order valence-corrected chi connectivity index (χ1v) is 11.5. The fourth-order valence-electron chi connectivity index (χ4n) is 3.11. The number of aromatic nitrogens is 2. The van der Waals surface area contributed by atoms with Gasteiger partial charge in [-0.3, -0.25) is 14.9 Å². The van der Waals surface area contributed by atoms with Gasteiger partial charge >= 0.3 is 0 Å². The molecule has 10 heteroatoms. The second-order valence-electron chi connectivity index (χ2n) is 6.72. The molecule has 0 aliphatic heterocycles. The normalized spacial score (nSPS) is 10.9. The molecule has 0 aliphatic carbocycles. The zero-order valence-corrected chi connectivity index (χ0v) is 20.2. The molecule has 0 fully saturated rings. The highest BCUT2D eigenvalue weighted by Crippen LogP contribution is 2.37. The van der Waals surface area contributed by atoms with Gasteiger partial charge in [-0.15, -0.1) is 11.3 Å². The minimum Gasteiger partial charge on any atom is -0.287 e. The Morgan fingerprint density at radius 3 is 2.22 bits per heavy atom. The summed E-state index contributed by atoms with van der Waals surface area (Å²) in [6.07, 6.45) is 0. The van der Waals surface area contributed by atoms with E-state index in [4.69, 9.17) is 46.4 Å². The summed E-state index contributed by atoms with van der Waals surface area (Å²) in [5.74, 6) is -1.21. The summed E-state index contributed by atoms with van der Waals surface area (Å²) in [4.78, 5) is 26.3. The van der Waals surface area contributed by atoms with Crippen LogP contribution in [0, 0.1) is 6.92 Å². The lowest BCUT2D eigenvalue weighted by Gasteiger charge is -2.09. The van der Waals surface area contributed by atoms with E-state index in [1.165, 1.54) is 23.5 Å². The Hall–Kier alpha value is -2.35. The van der Waals surface area contributed by atoms with Crippen LogP contribution in [0.15, 0.2) is 54.6 Å². The minimum absolute atomic E-state index is 0.0813. The molecular weight excluding hydrogens is 512 g/mol. The number of hydrogen-bond donors (Lipinski definition) is 1. The SMILES string of the molecule is Cc1c(C(=O)NC(=O)c2ccc(Cl)cc2)nn(-c2ccc(Cl)cc2Cl)c1-c1ccc(Cl)s1. The highest BCUT2D eigenvalue weighted by molar-refractivity contribution is 7.19. The van der Waals surface area contributed by atoms with E-state index in [1.54, 1.807) is 48.0 Å². The first-order valence-electron chi connectivity index (χ1n) is 9.16. The Morgan fingerprint density at radius 2 is 1.59 bits per heavy atom. The molecule has 0 bridgehead atoms. The number of thiophene rings is 1. The summed E-state index contributed by atoms with van der Waals surface area (Å²) >= 11 is 25.8. The molecule has 2 heterocycles. The van der Waals surface area contributed by atoms with Crippen LogP contribution in [0.3, 0.4) is 0 Å². The van der Waals surface area contributed by atoms with Crippen LogP contribution in [0.2, 0.25) is 19.4 Å². The maximum atomic E-state index is 13.0. The first-order chi connectivity index (χ1) is 15.2. The molecule has 0 atom stereocenters. The number of nitrogens with zero attached hydrogens (tertiary/aromatic N) is 2. The van der Waals surface area contributed by atoms with E-state index in [2.05, 4.69) is 10.4 Å². The van der Waals surface area contributed by atoms with Crippen LogP contribution in [-0.4, -0.2) is 21.6 Å². The molecule has 0 saturated carbocycles. The molecule has 0 aliphatic rings. The van der Waals surface area contributed by atoms with Gasteiger partial charge < -0.3 is 0 Å². The fraction of sp³-hybridized carbons (Fsp3) is 0.0455. The lowest BCUT2D eigenvalue weighted by atomic mass is 10.1. The molecule has 2 aromatic carbocycles. The Bertz CT molecular complexity index is 1350. The molecule has 2 aromatic heterocycles. The molecule has 1 N–H and O–H groups in total. The van der Waals surface area contributed by atoms with Gasteiger partial charge in [0.1, 0.15) is 0 Å². The predicted molar refractivity (Wildman–Crippen MR) is 130 cm³/mol. The number of carbonyl (C=O) groups is 2. The highest BCUT2D eigenvalue weighted by Gasteiger charge is 2.25. The van der Waals surface area contributed by atoms with Crippen molar-refractivity contribution in [3.8, 4) is 16.3 Å². The number of hydrogen-bond acceptors (Lipinski definition) is 4. The Balaban J connectivity index is 1.77. The summed E-state index contributed by atoms with van der Waals surface area (Å²) in [5.41, 5.74) is 2.11. The predicted octanol–water partition coefficient (Wildman–Crippen LogP) is 7.09. The number of benzene rings is 2. The van der Waals surface area contributed by atoms with Crippen LogP contribution in [0.4, 0.5) is 0 Å². The van der Waals surface area contributed by atoms with Gasteiger partial charge in [0, 0.05) is 21.2 Å². The average Bonchev–Trinajstić information content (AvgIpc) is 3.31. The lowest BCUT2D eigenvalue weighted by molar-refractivity contribution is 0.0846. The number of imide groups is 1. The van der Waals surface area contributed by atoms with Crippen molar-refractivity contribution in [3.05, 3.63) is 90.8 Å². The largest absolute Gasteiger partial charge is 0.287 e. The molecule has 4 aromatic rings. The van der Waals surface area contributed by atoms with Crippen molar-refractivity contribution in [1.82, 2.24) is 15.1 Å². The third-order valence-electron chi connectivity index (χ3n) is 4.62. The number of carbonyl (C=O) groups excluding carboxylic acids is 2. The third-order valence-corrected chi connectivity index (χ3v) is 6.64. The topological polar surface area (TPSA) is 64.0 Å². The summed E-state index contributed by atoms with van der Waals surface area (Å²) in [6.45, 7) is 1.75. The summed E-state index contributed by atoms with van der Waals surface area (Å²) < 4.78 is 2.14. The van der Waals surface area contributed by atoms with Gasteiger partial charge in [0.25, 0.3) is 11.8 Å². The van der Waals surface area contributed by atoms with Crippen molar-refractivity contribution < 1.29 is 9.59 Å². The van der Waals surface area contributed by atoms with E-state index >= 15 is 0 Å². The molecular formula is C22H13Cl4N3O2S. The van der Waals surface area contributed by atoms with E-state index < -0.39 is 11.8 Å². The molecule has 4 rings (SSSR count). The van der Waals surface area contributed by atoms with E-state index in [1.807, 2.05) is 6.07 Å². The third kappa shape index (κ3) is 4.56. The molecule has 0 saturated heterocycles. The van der Waals surface area contributed by atoms with Crippen molar-refractivity contribution in [2.24, 2.45) is 0 Å². The summed E-state index contributed by atoms with van der Waals surface area (Å²) in [5, 5.41) is 8.17. The number of amides is 2. The Morgan fingerprint density at radius 1 is 0.906 bits per heavy atom. The molecule has 0 unspecified atom stereocenters. The van der Waals surface area contributed by atoms with Gasteiger partial charge in [-0.1, -0.05) is 46.4 Å². The quantitative estimate of drug-likeness (QED) is 0.290. The van der Waals surface area contributed by atoms with E-state index in [9.17, 15) is 9.59 Å². The number of rotatable bonds is 4. The molecule has 2 amide bonds. The molecule has 162 valence electrons. The maximum Gasteiger partial charge on any atom is 0.278 e. The van der Waals surface area contributed by atoms with Crippen molar-refractivity contribution in [2.45, 2.75) is 6.92 Å². The van der Waals surface area contributed by atoms with Crippen LogP contribution in [-0.2, 0) is 0 Å². The molecule has 0 spiro atoms. The van der Waals surface area contributed by atoms with Crippen molar-refractivity contribution in [2.75, 3.05) is 0 Å². The molecule has 5 nitrogen and oxygen atoms in total. The zero-order valence-electron chi connectivity index (χ0n) is 16.3. The number of nitrogens with one attached hydrogen (secondary N) is 1. The van der Waals surface area contributed by atoms with E-state index in [0.29, 0.717) is 41.9 Å². The van der Waals surface area contributed by atoms with Crippen molar-refractivity contribution in [3.63, 3.8) is 0 Å². The van der Waals surface area contributed by atoms with Crippen LogP contribution in [0.1, 0.15) is 26.4 Å². The van der Waals surface area contributed by atoms with Crippen LogP contribution in [0.5, 0.6) is 0 Å². The maximum absolute atomic E-state index is 13.0. The molecule has 32 heavy (non-hydrogen) atoms. The standard InChI is InChI=1S/C22H13Cl4N3O2S/c1-11-19(22(31)27-21(30)12-2-4-13(23)5-3-12)28-29(16-7-6-14(24)10-15(16)25)20(11)17-8-9-18(26)32-17/h2-10H,1H3,(H,27,30,31). The first kappa shape index (κ1) is 22.8. The van der Waals surface area contributed by atoms with Crippen LogP contribution in [0.25, 0.3) is 16.3 Å². The van der Waals surface area contributed by atoms with Gasteiger partial charge in [0.15, 0.2) is 5.69 Å². The summed E-state index contributed by atoms with van der Waals surface area (Å²) in [7, 11) is 0. The van der Waals surface area contributed by atoms with Gasteiger partial charge in [-0.2, -0.15) is 5.10 Å². The van der Waals surface area contributed by atoms with Gasteiger partial charge in [-0.05, 0) is 61.5 Å². The van der Waals surface area contributed by atoms with Crippen LogP contribution < -0.4 is 5.32 Å². The zero-order chi connectivity index (χ0) is 23.0. The van der Waals surface area contributed by atoms with Crippen LogP contribution >= 0.6 is 57.7 Å². The Kier molecular flexibility index (Phi) is 6.60. The van der Waals surface area contributed by atoms with Crippen molar-refractivity contribution in [1.29, 1.82) is 0 Å². The monoisotopic (exact) mass is 523 g/mol. The molecule has 0 radical (unpaired) electrons. The number of halogens is 4. The summed E-state index contributed by atoms with van der Waals surface area (Å²) in [6, 6.07) is 14.8. The van der Waals surface area contributed by atoms with E-state index in [-0.39, 0.29) is 5.69 Å². The van der Waals surface area contributed by atoms with Gasteiger partial charge in [-0.25, -0.2) is 4.68 Å². The fourth-order valence-corrected chi connectivity index (χ4v) is 4.85. The van der Waals surface area contributed by atoms with E-state index in [0.717, 1.165) is 4.88 Å². The second-order valence-corrected chi connectivity index (χ2v) is 9.72. The minimum atomic E-state index is -0.643. The highest BCUT2D eigenvalue weighted by atomic mass is 35.5. The lowest BCUT2D eigenvalue weighted by Crippen LogP contribution is -2.31.